The minimum Gasteiger partial charge on any atom is -0.394 e. The second-order valence-corrected chi connectivity index (χ2v) is 5.03. The zero-order valence-corrected chi connectivity index (χ0v) is 9.51. The van der Waals surface area contributed by atoms with E-state index in [1.54, 1.807) is 0 Å². The molecule has 3 heteroatoms. The Morgan fingerprint density at radius 3 is 2.57 bits per heavy atom. The van der Waals surface area contributed by atoms with Crippen LogP contribution in [0.5, 0.6) is 0 Å². The smallest absolute Gasteiger partial charge is 0.0966 e. The monoisotopic (exact) mass is 198 g/mol. The summed E-state index contributed by atoms with van der Waals surface area (Å²) in [6.07, 6.45) is 3.45. The van der Waals surface area contributed by atoms with Crippen LogP contribution in [0.1, 0.15) is 40.0 Å². The Morgan fingerprint density at radius 1 is 1.43 bits per heavy atom. The van der Waals surface area contributed by atoms with Crippen molar-refractivity contribution in [1.29, 1.82) is 0 Å². The largest absolute Gasteiger partial charge is 0.394 e. The number of aliphatic imine (C=N–C) groups is 1. The van der Waals surface area contributed by atoms with Crippen molar-refractivity contribution >= 4 is 5.84 Å². The molecule has 1 atom stereocenters. The first-order valence-corrected chi connectivity index (χ1v) is 5.45. The summed E-state index contributed by atoms with van der Waals surface area (Å²) < 4.78 is 0. The van der Waals surface area contributed by atoms with Gasteiger partial charge in [-0.3, -0.25) is 4.99 Å². The number of amidine groups is 1. The molecule has 1 rings (SSSR count). The summed E-state index contributed by atoms with van der Waals surface area (Å²) in [7, 11) is 0. The van der Waals surface area contributed by atoms with Crippen molar-refractivity contribution in [3.05, 3.63) is 0 Å². The molecule has 1 aliphatic heterocycles. The Labute approximate surface area is 86.6 Å². The van der Waals surface area contributed by atoms with Gasteiger partial charge in [0.05, 0.1) is 18.5 Å². The zero-order valence-electron chi connectivity index (χ0n) is 9.51. The summed E-state index contributed by atoms with van der Waals surface area (Å²) in [6, 6.07) is 0.111. The van der Waals surface area contributed by atoms with Gasteiger partial charge in [-0.05, 0) is 18.3 Å². The van der Waals surface area contributed by atoms with E-state index in [9.17, 15) is 5.11 Å². The second kappa shape index (κ2) is 4.78. The molecule has 0 saturated carbocycles. The van der Waals surface area contributed by atoms with Gasteiger partial charge in [0.25, 0.3) is 0 Å². The number of hydrogen-bond donors (Lipinski definition) is 2. The quantitative estimate of drug-likeness (QED) is 0.707. The fourth-order valence-electron chi connectivity index (χ4n) is 1.55. The molecule has 0 amide bonds. The van der Waals surface area contributed by atoms with Crippen LogP contribution in [-0.2, 0) is 0 Å². The molecule has 0 radical (unpaired) electrons. The maximum Gasteiger partial charge on any atom is 0.0966 e. The van der Waals surface area contributed by atoms with Crippen LogP contribution in [0.2, 0.25) is 0 Å². The summed E-state index contributed by atoms with van der Waals surface area (Å²) in [4.78, 5) is 4.43. The highest BCUT2D eigenvalue weighted by molar-refractivity contribution is 5.83. The first kappa shape index (κ1) is 11.5. The lowest BCUT2D eigenvalue weighted by Gasteiger charge is -2.31. The van der Waals surface area contributed by atoms with Crippen molar-refractivity contribution < 1.29 is 5.11 Å². The van der Waals surface area contributed by atoms with Crippen LogP contribution in [0.15, 0.2) is 4.99 Å². The highest BCUT2D eigenvalue weighted by Gasteiger charge is 2.24. The van der Waals surface area contributed by atoms with Gasteiger partial charge in [0.1, 0.15) is 0 Å². The maximum atomic E-state index is 9.27. The van der Waals surface area contributed by atoms with Crippen LogP contribution in [0.4, 0.5) is 0 Å². The van der Waals surface area contributed by atoms with Gasteiger partial charge in [0.15, 0.2) is 0 Å². The van der Waals surface area contributed by atoms with E-state index in [1.807, 2.05) is 0 Å². The van der Waals surface area contributed by atoms with Crippen molar-refractivity contribution in [2.75, 3.05) is 13.2 Å². The Hall–Kier alpha value is -0.570. The zero-order chi connectivity index (χ0) is 10.6. The first-order chi connectivity index (χ1) is 6.54. The lowest BCUT2D eigenvalue weighted by Crippen LogP contribution is -2.46. The van der Waals surface area contributed by atoms with Crippen molar-refractivity contribution in [2.24, 2.45) is 10.4 Å². The standard InChI is InChI=1S/C11H22N2O/c1-11(2,3)9(8-14)13-10-6-4-5-7-12-10/h9,14H,4-8H2,1-3H3,(H,12,13). The normalized spacial score (nSPS) is 20.1. The van der Waals surface area contributed by atoms with Gasteiger partial charge in [0, 0.05) is 13.0 Å². The minimum absolute atomic E-state index is 0.0781. The van der Waals surface area contributed by atoms with Gasteiger partial charge in [-0.1, -0.05) is 20.8 Å². The molecule has 0 fully saturated rings. The summed E-state index contributed by atoms with van der Waals surface area (Å²) in [6.45, 7) is 7.49. The molecule has 0 aliphatic carbocycles. The summed E-state index contributed by atoms with van der Waals surface area (Å²) in [5.74, 6) is 1.07. The third-order valence-electron chi connectivity index (χ3n) is 2.69. The van der Waals surface area contributed by atoms with Crippen LogP contribution < -0.4 is 5.32 Å². The van der Waals surface area contributed by atoms with E-state index in [0.29, 0.717) is 0 Å². The van der Waals surface area contributed by atoms with Crippen LogP contribution in [0, 0.1) is 5.41 Å². The molecule has 0 aromatic rings. The topological polar surface area (TPSA) is 44.6 Å². The van der Waals surface area contributed by atoms with Crippen molar-refractivity contribution in [2.45, 2.75) is 46.1 Å². The van der Waals surface area contributed by atoms with Crippen LogP contribution >= 0.6 is 0 Å². The Bertz CT molecular complexity index is 206. The van der Waals surface area contributed by atoms with Crippen LogP contribution in [0.25, 0.3) is 0 Å². The van der Waals surface area contributed by atoms with Gasteiger partial charge >= 0.3 is 0 Å². The summed E-state index contributed by atoms with van der Waals surface area (Å²) in [5.41, 5.74) is 0.0781. The number of nitrogens with zero attached hydrogens (tertiary/aromatic N) is 1. The first-order valence-electron chi connectivity index (χ1n) is 5.45. The van der Waals surface area contributed by atoms with Gasteiger partial charge in [-0.25, -0.2) is 0 Å². The third kappa shape index (κ3) is 3.29. The van der Waals surface area contributed by atoms with Gasteiger partial charge in [-0.15, -0.1) is 0 Å². The molecule has 0 saturated heterocycles. The predicted octanol–water partition coefficient (Wildman–Crippen LogP) is 1.57. The van der Waals surface area contributed by atoms with E-state index >= 15 is 0 Å². The van der Waals surface area contributed by atoms with E-state index in [-0.39, 0.29) is 18.1 Å². The fourth-order valence-corrected chi connectivity index (χ4v) is 1.55. The van der Waals surface area contributed by atoms with Gasteiger partial charge in [-0.2, -0.15) is 0 Å². The third-order valence-corrected chi connectivity index (χ3v) is 2.69. The minimum atomic E-state index is 0.0781. The molecule has 2 N–H and O–H groups in total. The highest BCUT2D eigenvalue weighted by Crippen LogP contribution is 2.19. The lowest BCUT2D eigenvalue weighted by molar-refractivity contribution is 0.174. The molecule has 82 valence electrons. The number of aliphatic hydroxyl groups is 1. The van der Waals surface area contributed by atoms with Crippen LogP contribution in [-0.4, -0.2) is 30.1 Å². The van der Waals surface area contributed by atoms with E-state index in [1.165, 1.54) is 12.8 Å². The van der Waals surface area contributed by atoms with Gasteiger partial charge in [0.2, 0.25) is 0 Å². The number of nitrogens with one attached hydrogen (secondary N) is 1. The van der Waals surface area contributed by atoms with E-state index in [2.05, 4.69) is 31.1 Å². The average Bonchev–Trinajstić information content (AvgIpc) is 2.14. The molecular weight excluding hydrogens is 176 g/mol. The highest BCUT2D eigenvalue weighted by atomic mass is 16.3. The summed E-state index contributed by atoms with van der Waals surface area (Å²) >= 11 is 0. The summed E-state index contributed by atoms with van der Waals surface area (Å²) in [5, 5.41) is 12.6. The molecule has 1 unspecified atom stereocenters. The maximum absolute atomic E-state index is 9.27. The molecule has 14 heavy (non-hydrogen) atoms. The van der Waals surface area contributed by atoms with E-state index < -0.39 is 0 Å². The van der Waals surface area contributed by atoms with E-state index in [0.717, 1.165) is 18.8 Å². The molecule has 3 nitrogen and oxygen atoms in total. The Morgan fingerprint density at radius 2 is 2.14 bits per heavy atom. The van der Waals surface area contributed by atoms with Crippen LogP contribution in [0.3, 0.4) is 0 Å². The SMILES string of the molecule is CC(C)(C)C(CO)NC1=NCCCC1. The number of hydrogen-bond acceptors (Lipinski definition) is 3. The van der Waals surface area contributed by atoms with Gasteiger partial charge < -0.3 is 10.4 Å². The van der Waals surface area contributed by atoms with Crippen molar-refractivity contribution in [3.8, 4) is 0 Å². The Kier molecular flexibility index (Phi) is 3.93. The number of aliphatic hydroxyl groups excluding tert-OH is 1. The van der Waals surface area contributed by atoms with E-state index in [4.69, 9.17) is 0 Å². The second-order valence-electron chi connectivity index (χ2n) is 5.03. The molecule has 1 heterocycles. The molecule has 0 aromatic heterocycles. The number of rotatable bonds is 2. The predicted molar refractivity (Wildman–Crippen MR) is 59.6 cm³/mol. The molecule has 0 aromatic carbocycles. The molecule has 0 spiro atoms. The average molecular weight is 198 g/mol. The fraction of sp³-hybridized carbons (Fsp3) is 0.909. The van der Waals surface area contributed by atoms with Crippen molar-refractivity contribution in [3.63, 3.8) is 0 Å². The molecule has 1 aliphatic rings. The lowest BCUT2D eigenvalue weighted by atomic mass is 9.87. The molecular formula is C11H22N2O. The molecule has 0 bridgehead atoms. The van der Waals surface area contributed by atoms with Crippen molar-refractivity contribution in [1.82, 2.24) is 5.32 Å². The Balaban J connectivity index is 2.51.